The number of anilines is 1. The van der Waals surface area contributed by atoms with Gasteiger partial charge in [0.2, 0.25) is 5.91 Å². The third-order valence-electron chi connectivity index (χ3n) is 3.00. The molecule has 0 bridgehead atoms. The summed E-state index contributed by atoms with van der Waals surface area (Å²) in [6, 6.07) is 7.94. The van der Waals surface area contributed by atoms with Crippen LogP contribution in [0.15, 0.2) is 41.9 Å². The summed E-state index contributed by atoms with van der Waals surface area (Å²) < 4.78 is 0. The molecule has 0 aliphatic carbocycles. The Hall–Kier alpha value is -2.30. The monoisotopic (exact) mass is 258 g/mol. The van der Waals surface area contributed by atoms with E-state index in [9.17, 15) is 4.79 Å². The number of amides is 1. The molecule has 19 heavy (non-hydrogen) atoms. The van der Waals surface area contributed by atoms with Gasteiger partial charge in [0.1, 0.15) is 6.54 Å². The van der Waals surface area contributed by atoms with Crippen LogP contribution in [-0.4, -0.2) is 31.5 Å². The molecule has 0 aromatic heterocycles. The van der Waals surface area contributed by atoms with E-state index in [0.29, 0.717) is 13.1 Å². The average Bonchev–Trinajstić information content (AvgIpc) is 2.86. The number of nitrogens with two attached hydrogens (primary N) is 1. The highest BCUT2D eigenvalue weighted by Crippen LogP contribution is 2.27. The van der Waals surface area contributed by atoms with E-state index in [-0.39, 0.29) is 18.4 Å². The summed E-state index contributed by atoms with van der Waals surface area (Å²) in [5.41, 5.74) is 7.81. The van der Waals surface area contributed by atoms with Gasteiger partial charge >= 0.3 is 0 Å². The van der Waals surface area contributed by atoms with Crippen LogP contribution in [0.3, 0.4) is 0 Å². The number of carbonyl (C=O) groups is 1. The molecule has 1 amide bonds. The topological polar surface area (TPSA) is 70.7 Å². The first-order valence-corrected chi connectivity index (χ1v) is 6.25. The lowest BCUT2D eigenvalue weighted by molar-refractivity contribution is -0.117. The normalized spacial score (nSPS) is 14.1. The lowest BCUT2D eigenvalue weighted by Crippen LogP contribution is -2.35. The number of nitrogens with zero attached hydrogens (tertiary/aromatic N) is 2. The Labute approximate surface area is 112 Å². The van der Waals surface area contributed by atoms with Gasteiger partial charge in [-0.3, -0.25) is 4.79 Å². The Bertz CT molecular complexity index is 510. The minimum atomic E-state index is -0.0340. The molecule has 0 saturated carbocycles. The maximum atomic E-state index is 12.1. The van der Waals surface area contributed by atoms with Gasteiger partial charge in [-0.1, -0.05) is 24.3 Å². The highest BCUT2D eigenvalue weighted by molar-refractivity contribution is 5.97. The molecule has 1 aromatic carbocycles. The number of hydrogen-bond acceptors (Lipinski definition) is 2. The van der Waals surface area contributed by atoms with Crippen molar-refractivity contribution in [3.8, 4) is 0 Å². The zero-order valence-electron chi connectivity index (χ0n) is 10.8. The van der Waals surface area contributed by atoms with Crippen molar-refractivity contribution < 1.29 is 4.79 Å². The van der Waals surface area contributed by atoms with Gasteiger partial charge in [0.25, 0.3) is 0 Å². The molecule has 2 rings (SSSR count). The van der Waals surface area contributed by atoms with Crippen LogP contribution in [-0.2, 0) is 11.2 Å². The van der Waals surface area contributed by atoms with Crippen molar-refractivity contribution in [1.29, 1.82) is 0 Å². The molecule has 0 unspecified atom stereocenters. The summed E-state index contributed by atoms with van der Waals surface area (Å²) in [4.78, 5) is 17.9. The fourth-order valence-electron chi connectivity index (χ4n) is 2.07. The number of nitrogens with one attached hydrogen (secondary N) is 1. The van der Waals surface area contributed by atoms with E-state index in [4.69, 9.17) is 5.73 Å². The molecule has 0 saturated heterocycles. The van der Waals surface area contributed by atoms with Crippen molar-refractivity contribution in [3.63, 3.8) is 0 Å². The molecule has 1 heterocycles. The Kier molecular flexibility index (Phi) is 4.18. The summed E-state index contributed by atoms with van der Waals surface area (Å²) in [6.07, 6.45) is 2.58. The fourth-order valence-corrected chi connectivity index (χ4v) is 2.07. The number of benzene rings is 1. The SMILES string of the molecule is C=CCNC(N)=NCC(=O)N1CCc2ccccc21. The predicted molar refractivity (Wildman–Crippen MR) is 77.2 cm³/mol. The highest BCUT2D eigenvalue weighted by Gasteiger charge is 2.23. The van der Waals surface area contributed by atoms with E-state index >= 15 is 0 Å². The van der Waals surface area contributed by atoms with E-state index in [1.165, 1.54) is 5.56 Å². The van der Waals surface area contributed by atoms with Gasteiger partial charge in [0.15, 0.2) is 5.96 Å². The summed E-state index contributed by atoms with van der Waals surface area (Å²) in [5, 5.41) is 2.84. The molecule has 100 valence electrons. The van der Waals surface area contributed by atoms with E-state index < -0.39 is 0 Å². The predicted octanol–water partition coefficient (Wildman–Crippen LogP) is 0.666. The number of carbonyl (C=O) groups excluding carboxylic acids is 1. The number of aliphatic imine (C=N–C) groups is 1. The zero-order valence-corrected chi connectivity index (χ0v) is 10.8. The highest BCUT2D eigenvalue weighted by atomic mass is 16.2. The van der Waals surface area contributed by atoms with Gasteiger partial charge in [-0.15, -0.1) is 6.58 Å². The second-order valence-electron chi connectivity index (χ2n) is 4.30. The summed E-state index contributed by atoms with van der Waals surface area (Å²) in [5.74, 6) is 0.231. The molecular weight excluding hydrogens is 240 g/mol. The van der Waals surface area contributed by atoms with E-state index in [1.54, 1.807) is 11.0 Å². The number of guanidine groups is 1. The average molecular weight is 258 g/mol. The largest absolute Gasteiger partial charge is 0.370 e. The molecule has 5 nitrogen and oxygen atoms in total. The second-order valence-corrected chi connectivity index (χ2v) is 4.30. The third-order valence-corrected chi connectivity index (χ3v) is 3.00. The zero-order chi connectivity index (χ0) is 13.7. The minimum absolute atomic E-state index is 0.0340. The molecule has 1 aliphatic rings. The Morgan fingerprint density at radius 1 is 1.53 bits per heavy atom. The van der Waals surface area contributed by atoms with Crippen molar-refractivity contribution >= 4 is 17.6 Å². The third kappa shape index (κ3) is 3.13. The Balaban J connectivity index is 1.97. The number of para-hydroxylation sites is 1. The molecular formula is C14H18N4O. The van der Waals surface area contributed by atoms with E-state index in [2.05, 4.69) is 16.9 Å². The van der Waals surface area contributed by atoms with Crippen molar-refractivity contribution in [2.24, 2.45) is 10.7 Å². The minimum Gasteiger partial charge on any atom is -0.370 e. The quantitative estimate of drug-likeness (QED) is 0.473. The lowest BCUT2D eigenvalue weighted by atomic mass is 10.2. The second kappa shape index (κ2) is 6.04. The van der Waals surface area contributed by atoms with Crippen molar-refractivity contribution in [1.82, 2.24) is 5.32 Å². The van der Waals surface area contributed by atoms with E-state index in [0.717, 1.165) is 12.1 Å². The Morgan fingerprint density at radius 3 is 3.11 bits per heavy atom. The first kappa shape index (κ1) is 13.1. The first-order chi connectivity index (χ1) is 9.22. The van der Waals surface area contributed by atoms with Crippen molar-refractivity contribution in [2.45, 2.75) is 6.42 Å². The van der Waals surface area contributed by atoms with Crippen molar-refractivity contribution in [2.75, 3.05) is 24.5 Å². The van der Waals surface area contributed by atoms with Gasteiger partial charge in [0, 0.05) is 18.8 Å². The van der Waals surface area contributed by atoms with Gasteiger partial charge in [-0.2, -0.15) is 0 Å². The molecule has 0 radical (unpaired) electrons. The first-order valence-electron chi connectivity index (χ1n) is 6.25. The van der Waals surface area contributed by atoms with Crippen LogP contribution in [0, 0.1) is 0 Å². The van der Waals surface area contributed by atoms with Gasteiger partial charge < -0.3 is 16.0 Å². The number of rotatable bonds is 4. The van der Waals surface area contributed by atoms with Crippen LogP contribution in [0.2, 0.25) is 0 Å². The van der Waals surface area contributed by atoms with Crippen LogP contribution in [0.5, 0.6) is 0 Å². The molecule has 1 aliphatic heterocycles. The van der Waals surface area contributed by atoms with Crippen LogP contribution in [0.1, 0.15) is 5.56 Å². The van der Waals surface area contributed by atoms with Crippen LogP contribution in [0.25, 0.3) is 0 Å². The molecule has 0 spiro atoms. The van der Waals surface area contributed by atoms with Gasteiger partial charge in [0.05, 0.1) is 0 Å². The fraction of sp³-hybridized carbons (Fsp3) is 0.286. The molecule has 0 atom stereocenters. The van der Waals surface area contributed by atoms with Gasteiger partial charge in [-0.25, -0.2) is 4.99 Å². The van der Waals surface area contributed by atoms with E-state index in [1.807, 2.05) is 24.3 Å². The smallest absolute Gasteiger partial charge is 0.248 e. The standard InChI is InChI=1S/C14H18N4O/c1-2-8-16-14(15)17-10-13(19)18-9-7-11-5-3-4-6-12(11)18/h2-6H,1,7-10H2,(H3,15,16,17). The van der Waals surface area contributed by atoms with Crippen LogP contribution >= 0.6 is 0 Å². The molecule has 3 N–H and O–H groups in total. The van der Waals surface area contributed by atoms with Crippen LogP contribution in [0.4, 0.5) is 5.69 Å². The van der Waals surface area contributed by atoms with Crippen LogP contribution < -0.4 is 16.0 Å². The lowest BCUT2D eigenvalue weighted by Gasteiger charge is -2.16. The van der Waals surface area contributed by atoms with Crippen molar-refractivity contribution in [3.05, 3.63) is 42.5 Å². The number of hydrogen-bond donors (Lipinski definition) is 2. The molecule has 0 fully saturated rings. The summed E-state index contributed by atoms with van der Waals surface area (Å²) >= 11 is 0. The summed E-state index contributed by atoms with van der Waals surface area (Å²) in [7, 11) is 0. The maximum absolute atomic E-state index is 12.1. The maximum Gasteiger partial charge on any atom is 0.248 e. The molecule has 1 aromatic rings. The van der Waals surface area contributed by atoms with Gasteiger partial charge in [-0.05, 0) is 18.1 Å². The molecule has 5 heteroatoms. The Morgan fingerprint density at radius 2 is 2.32 bits per heavy atom. The number of fused-ring (bicyclic) bond motifs is 1. The summed E-state index contributed by atoms with van der Waals surface area (Å²) in [6.45, 7) is 4.88.